The van der Waals surface area contributed by atoms with Crippen molar-refractivity contribution in [3.63, 3.8) is 0 Å². The molecule has 6 nitrogen and oxygen atoms in total. The van der Waals surface area contributed by atoms with Crippen LogP contribution in [0.3, 0.4) is 0 Å². The fraction of sp³-hybridized carbons (Fsp3) is 0.389. The number of rotatable bonds is 3. The van der Waals surface area contributed by atoms with Crippen LogP contribution in [0.2, 0.25) is 0 Å². The standard InChI is InChI=1S/C18H17IN2O4/c1-25-13-7-9(6-12(19)16(13)22)8-20-21-17(23)14-10-2-3-11(5-4-10)15(14)18(21)24/h2-3,6-8,10-11,14-15,22H,4-5H2,1H3/b20-8-/t10-,11-,14-,15+/m0/s1. The van der Waals surface area contributed by atoms with Gasteiger partial charge in [0, 0.05) is 0 Å². The normalized spacial score (nSPS) is 30.4. The predicted octanol–water partition coefficient (Wildman–Crippen LogP) is 2.54. The number of hydrogen-bond acceptors (Lipinski definition) is 5. The molecule has 1 aromatic rings. The number of nitrogens with zero attached hydrogens (tertiary/aromatic N) is 2. The van der Waals surface area contributed by atoms with Crippen LogP contribution in [0.5, 0.6) is 11.5 Å². The molecule has 0 unspecified atom stereocenters. The maximum atomic E-state index is 12.7. The number of imide groups is 1. The van der Waals surface area contributed by atoms with Crippen LogP contribution >= 0.6 is 22.6 Å². The second-order valence-corrected chi connectivity index (χ2v) is 7.79. The molecule has 1 aliphatic heterocycles. The summed E-state index contributed by atoms with van der Waals surface area (Å²) in [6.45, 7) is 0. The highest BCUT2D eigenvalue weighted by Crippen LogP contribution is 2.49. The van der Waals surface area contributed by atoms with Crippen molar-refractivity contribution in [2.24, 2.45) is 28.8 Å². The van der Waals surface area contributed by atoms with Gasteiger partial charge in [-0.2, -0.15) is 10.1 Å². The second kappa shape index (κ2) is 6.12. The van der Waals surface area contributed by atoms with Crippen molar-refractivity contribution in [3.8, 4) is 11.5 Å². The van der Waals surface area contributed by atoms with Crippen LogP contribution in [0.1, 0.15) is 18.4 Å². The number of carbonyl (C=O) groups excluding carboxylic acids is 2. The molecule has 0 radical (unpaired) electrons. The van der Waals surface area contributed by atoms with E-state index in [4.69, 9.17) is 4.74 Å². The van der Waals surface area contributed by atoms with Crippen molar-refractivity contribution < 1.29 is 19.4 Å². The topological polar surface area (TPSA) is 79.2 Å². The third-order valence-electron chi connectivity index (χ3n) is 5.33. The molecular weight excluding hydrogens is 435 g/mol. The van der Waals surface area contributed by atoms with Gasteiger partial charge in [0.2, 0.25) is 0 Å². The number of fused-ring (bicyclic) bond motifs is 1. The highest BCUT2D eigenvalue weighted by Gasteiger charge is 2.56. The van der Waals surface area contributed by atoms with Crippen LogP contribution in [-0.4, -0.2) is 35.3 Å². The number of phenols is 1. The molecule has 1 heterocycles. The van der Waals surface area contributed by atoms with Gasteiger partial charge >= 0.3 is 0 Å². The third kappa shape index (κ3) is 2.56. The minimum atomic E-state index is -0.261. The van der Waals surface area contributed by atoms with Crippen LogP contribution in [-0.2, 0) is 9.59 Å². The number of aromatic hydroxyl groups is 1. The Kier molecular flexibility index (Phi) is 4.05. The first-order chi connectivity index (χ1) is 12.0. The van der Waals surface area contributed by atoms with Gasteiger partial charge in [0.05, 0.1) is 28.7 Å². The number of benzene rings is 1. The monoisotopic (exact) mass is 452 g/mol. The summed E-state index contributed by atoms with van der Waals surface area (Å²) in [7, 11) is 1.47. The van der Waals surface area contributed by atoms with Gasteiger partial charge in [-0.25, -0.2) is 0 Å². The Hall–Kier alpha value is -1.90. The smallest absolute Gasteiger partial charge is 0.254 e. The maximum absolute atomic E-state index is 12.7. The Labute approximate surface area is 158 Å². The summed E-state index contributed by atoms with van der Waals surface area (Å²) in [6.07, 6.45) is 7.56. The van der Waals surface area contributed by atoms with E-state index in [-0.39, 0.29) is 41.2 Å². The van der Waals surface area contributed by atoms with Gasteiger partial charge in [-0.1, -0.05) is 12.2 Å². The molecule has 2 fully saturated rings. The molecule has 4 atom stereocenters. The van der Waals surface area contributed by atoms with E-state index in [9.17, 15) is 14.7 Å². The van der Waals surface area contributed by atoms with Crippen LogP contribution < -0.4 is 4.74 Å². The lowest BCUT2D eigenvalue weighted by molar-refractivity contribution is -0.140. The van der Waals surface area contributed by atoms with Gasteiger partial charge in [-0.3, -0.25) is 9.59 Å². The van der Waals surface area contributed by atoms with Crippen LogP contribution in [0.15, 0.2) is 29.4 Å². The number of amides is 2. The fourth-order valence-corrected chi connectivity index (χ4v) is 4.75. The van der Waals surface area contributed by atoms with Gasteiger partial charge in [0.15, 0.2) is 11.5 Å². The van der Waals surface area contributed by atoms with Crippen molar-refractivity contribution in [3.05, 3.63) is 33.4 Å². The molecule has 25 heavy (non-hydrogen) atoms. The van der Waals surface area contributed by atoms with Crippen molar-refractivity contribution in [2.75, 3.05) is 7.11 Å². The highest BCUT2D eigenvalue weighted by atomic mass is 127. The van der Waals surface area contributed by atoms with Gasteiger partial charge in [-0.05, 0) is 65.0 Å². The molecule has 3 aliphatic carbocycles. The first-order valence-electron chi connectivity index (χ1n) is 8.18. The second-order valence-electron chi connectivity index (χ2n) is 6.63. The number of phenolic OH excluding ortho intramolecular Hbond substituents is 1. The van der Waals surface area contributed by atoms with E-state index in [1.54, 1.807) is 12.1 Å². The molecular formula is C18H17IN2O4. The predicted molar refractivity (Wildman–Crippen MR) is 99.2 cm³/mol. The molecule has 7 heteroatoms. The van der Waals surface area contributed by atoms with E-state index in [0.29, 0.717) is 14.9 Å². The summed E-state index contributed by atoms with van der Waals surface area (Å²) >= 11 is 1.99. The lowest BCUT2D eigenvalue weighted by Gasteiger charge is -2.37. The summed E-state index contributed by atoms with van der Waals surface area (Å²) < 4.78 is 5.73. The minimum Gasteiger partial charge on any atom is -0.504 e. The first-order valence-corrected chi connectivity index (χ1v) is 9.25. The quantitative estimate of drug-likeness (QED) is 0.331. The molecule has 1 N–H and O–H groups in total. The highest BCUT2D eigenvalue weighted by molar-refractivity contribution is 14.1. The molecule has 2 amide bonds. The van der Waals surface area contributed by atoms with Crippen molar-refractivity contribution in [1.82, 2.24) is 5.01 Å². The molecule has 2 bridgehead atoms. The zero-order valence-corrected chi connectivity index (χ0v) is 15.7. The largest absolute Gasteiger partial charge is 0.504 e. The van der Waals surface area contributed by atoms with Crippen molar-refractivity contribution in [2.45, 2.75) is 12.8 Å². The number of hydrazone groups is 1. The molecule has 0 aromatic heterocycles. The van der Waals surface area contributed by atoms with E-state index in [0.717, 1.165) is 17.9 Å². The maximum Gasteiger partial charge on any atom is 0.254 e. The van der Waals surface area contributed by atoms with Gasteiger partial charge in [0.25, 0.3) is 11.8 Å². The molecule has 1 saturated carbocycles. The zero-order chi connectivity index (χ0) is 17.7. The van der Waals surface area contributed by atoms with Crippen LogP contribution in [0, 0.1) is 27.2 Å². The lowest BCUT2D eigenvalue weighted by Crippen LogP contribution is -2.38. The van der Waals surface area contributed by atoms with E-state index < -0.39 is 0 Å². The Balaban J connectivity index is 1.62. The van der Waals surface area contributed by atoms with E-state index in [1.165, 1.54) is 13.3 Å². The number of allylic oxidation sites excluding steroid dienone is 2. The third-order valence-corrected chi connectivity index (χ3v) is 6.15. The molecule has 1 aromatic carbocycles. The Morgan fingerprint density at radius 1 is 1.20 bits per heavy atom. The van der Waals surface area contributed by atoms with Crippen LogP contribution in [0.4, 0.5) is 0 Å². The Morgan fingerprint density at radius 3 is 2.32 bits per heavy atom. The van der Waals surface area contributed by atoms with Crippen molar-refractivity contribution in [1.29, 1.82) is 0 Å². The van der Waals surface area contributed by atoms with E-state index >= 15 is 0 Å². The molecule has 4 aliphatic rings. The number of halogens is 1. The van der Waals surface area contributed by atoms with Gasteiger partial charge < -0.3 is 9.84 Å². The summed E-state index contributed by atoms with van der Waals surface area (Å²) in [6, 6.07) is 3.33. The molecule has 1 saturated heterocycles. The Morgan fingerprint density at radius 2 is 1.80 bits per heavy atom. The summed E-state index contributed by atoms with van der Waals surface area (Å²) in [5.74, 6) is -0.240. The molecule has 5 rings (SSSR count). The van der Waals surface area contributed by atoms with Gasteiger partial charge in [0.1, 0.15) is 0 Å². The zero-order valence-electron chi connectivity index (χ0n) is 13.6. The lowest BCUT2D eigenvalue weighted by atomic mass is 9.63. The van der Waals surface area contributed by atoms with Gasteiger partial charge in [-0.15, -0.1) is 0 Å². The number of methoxy groups -OCH3 is 1. The first kappa shape index (κ1) is 16.6. The average molecular weight is 452 g/mol. The number of ether oxygens (including phenoxy) is 1. The number of carbonyl (C=O) groups is 2. The summed E-state index contributed by atoms with van der Waals surface area (Å²) in [5.41, 5.74) is 0.649. The minimum absolute atomic E-state index is 0.0576. The van der Waals surface area contributed by atoms with E-state index in [1.807, 2.05) is 22.6 Å². The number of hydrogen-bond donors (Lipinski definition) is 1. The fourth-order valence-electron chi connectivity index (χ4n) is 4.12. The summed E-state index contributed by atoms with van der Waals surface area (Å²) in [4.78, 5) is 25.4. The van der Waals surface area contributed by atoms with E-state index in [2.05, 4.69) is 17.3 Å². The van der Waals surface area contributed by atoms with Crippen molar-refractivity contribution >= 4 is 40.6 Å². The Bertz CT molecular complexity index is 788. The average Bonchev–Trinajstić information content (AvgIpc) is 2.90. The summed E-state index contributed by atoms with van der Waals surface area (Å²) in [5, 5.41) is 15.1. The molecule has 130 valence electrons. The van der Waals surface area contributed by atoms with Crippen LogP contribution in [0.25, 0.3) is 0 Å². The molecule has 0 spiro atoms. The SMILES string of the molecule is COc1cc(/C=N\N2C(=O)[C@@H]3[C@H](C2=O)[C@H]2C=C[C@H]3CC2)cc(I)c1O.